The molecule has 0 unspecified atom stereocenters. The van der Waals surface area contributed by atoms with E-state index < -0.39 is 0 Å². The Morgan fingerprint density at radius 2 is 1.86 bits per heavy atom. The van der Waals surface area contributed by atoms with E-state index in [9.17, 15) is 9.50 Å². The van der Waals surface area contributed by atoms with Gasteiger partial charge in [0.05, 0.1) is 11.8 Å². The maximum absolute atomic E-state index is 13.4. The zero-order chi connectivity index (χ0) is 19.1. The maximum atomic E-state index is 13.4. The molecule has 142 valence electrons. The SMILES string of the molecule is O[C@@H]1C[C@H]2C=C(c3c[nH]c(-c4ccc(F)cc4)c3-c3ccncc3)CCN2C1. The molecule has 28 heavy (non-hydrogen) atoms. The van der Waals surface area contributed by atoms with Crippen molar-refractivity contribution in [3.05, 3.63) is 72.4 Å². The Bertz CT molecular complexity index is 1010. The van der Waals surface area contributed by atoms with Crippen molar-refractivity contribution in [2.45, 2.75) is 25.0 Å². The van der Waals surface area contributed by atoms with Gasteiger partial charge >= 0.3 is 0 Å². The molecule has 1 fully saturated rings. The summed E-state index contributed by atoms with van der Waals surface area (Å²) < 4.78 is 13.4. The summed E-state index contributed by atoms with van der Waals surface area (Å²) in [5.74, 6) is -0.240. The molecule has 1 saturated heterocycles. The highest BCUT2D eigenvalue weighted by Crippen LogP contribution is 2.40. The number of aliphatic hydroxyl groups is 1. The number of pyridine rings is 1. The summed E-state index contributed by atoms with van der Waals surface area (Å²) in [6, 6.07) is 10.9. The lowest BCUT2D eigenvalue weighted by molar-refractivity contribution is 0.176. The van der Waals surface area contributed by atoms with E-state index in [2.05, 4.69) is 27.1 Å². The average Bonchev–Trinajstić information content (AvgIpc) is 3.31. The molecule has 0 amide bonds. The van der Waals surface area contributed by atoms with Gasteiger partial charge in [-0.3, -0.25) is 9.88 Å². The predicted octanol–water partition coefficient (Wildman–Crippen LogP) is 4.11. The molecule has 0 saturated carbocycles. The second-order valence-electron chi connectivity index (χ2n) is 7.59. The van der Waals surface area contributed by atoms with Crippen molar-refractivity contribution in [1.82, 2.24) is 14.9 Å². The molecule has 0 radical (unpaired) electrons. The molecular weight excluding hydrogens is 353 g/mol. The molecule has 2 aliphatic heterocycles. The number of aromatic nitrogens is 2. The highest BCUT2D eigenvalue weighted by atomic mass is 19.1. The fourth-order valence-corrected chi connectivity index (χ4v) is 4.48. The highest BCUT2D eigenvalue weighted by Gasteiger charge is 2.33. The van der Waals surface area contributed by atoms with Gasteiger partial charge in [-0.05, 0) is 65.9 Å². The van der Waals surface area contributed by atoms with E-state index in [0.717, 1.165) is 48.3 Å². The molecule has 0 aliphatic carbocycles. The van der Waals surface area contributed by atoms with Gasteiger partial charge in [-0.2, -0.15) is 0 Å². The van der Waals surface area contributed by atoms with Gasteiger partial charge in [0.2, 0.25) is 0 Å². The van der Waals surface area contributed by atoms with E-state index in [0.29, 0.717) is 6.04 Å². The Balaban J connectivity index is 1.63. The minimum atomic E-state index is -0.240. The monoisotopic (exact) mass is 375 g/mol. The van der Waals surface area contributed by atoms with Crippen molar-refractivity contribution in [2.24, 2.45) is 0 Å². The van der Waals surface area contributed by atoms with E-state index in [1.54, 1.807) is 24.5 Å². The van der Waals surface area contributed by atoms with Crippen LogP contribution in [0.1, 0.15) is 18.4 Å². The largest absolute Gasteiger partial charge is 0.392 e. The Morgan fingerprint density at radius 1 is 1.07 bits per heavy atom. The van der Waals surface area contributed by atoms with Gasteiger partial charge in [0.1, 0.15) is 5.82 Å². The van der Waals surface area contributed by atoms with Crippen LogP contribution in [0.4, 0.5) is 4.39 Å². The first-order chi connectivity index (χ1) is 13.7. The van der Waals surface area contributed by atoms with Crippen LogP contribution in [-0.4, -0.2) is 45.2 Å². The third-order valence-electron chi connectivity index (χ3n) is 5.82. The molecule has 0 spiro atoms. The molecule has 2 atom stereocenters. The third-order valence-corrected chi connectivity index (χ3v) is 5.82. The summed E-state index contributed by atoms with van der Waals surface area (Å²) in [7, 11) is 0. The second kappa shape index (κ2) is 7.00. The number of hydrogen-bond acceptors (Lipinski definition) is 3. The fourth-order valence-electron chi connectivity index (χ4n) is 4.48. The summed E-state index contributed by atoms with van der Waals surface area (Å²) >= 11 is 0. The van der Waals surface area contributed by atoms with Gasteiger partial charge in [0.15, 0.2) is 0 Å². The smallest absolute Gasteiger partial charge is 0.123 e. The lowest BCUT2D eigenvalue weighted by atomic mass is 9.90. The first kappa shape index (κ1) is 17.3. The third kappa shape index (κ3) is 3.07. The molecule has 2 aliphatic rings. The lowest BCUT2D eigenvalue weighted by Gasteiger charge is -2.28. The van der Waals surface area contributed by atoms with Crippen LogP contribution in [0.3, 0.4) is 0 Å². The number of benzene rings is 1. The van der Waals surface area contributed by atoms with Crippen molar-refractivity contribution in [3.8, 4) is 22.4 Å². The van der Waals surface area contributed by atoms with Crippen molar-refractivity contribution >= 4 is 5.57 Å². The molecule has 2 N–H and O–H groups in total. The van der Waals surface area contributed by atoms with Crippen LogP contribution >= 0.6 is 0 Å². The number of nitrogens with zero attached hydrogens (tertiary/aromatic N) is 2. The summed E-state index contributed by atoms with van der Waals surface area (Å²) in [4.78, 5) is 9.94. The maximum Gasteiger partial charge on any atom is 0.123 e. The minimum absolute atomic E-state index is 0.235. The summed E-state index contributed by atoms with van der Waals surface area (Å²) in [6.45, 7) is 1.72. The normalized spacial score (nSPS) is 22.1. The molecule has 0 bridgehead atoms. The topological polar surface area (TPSA) is 52.1 Å². The number of aliphatic hydroxyl groups excluding tert-OH is 1. The van der Waals surface area contributed by atoms with E-state index in [1.165, 1.54) is 23.3 Å². The van der Waals surface area contributed by atoms with Crippen LogP contribution in [0.5, 0.6) is 0 Å². The number of rotatable bonds is 3. The van der Waals surface area contributed by atoms with Gasteiger partial charge in [-0.15, -0.1) is 0 Å². The number of fused-ring (bicyclic) bond motifs is 1. The van der Waals surface area contributed by atoms with Gasteiger partial charge in [0, 0.05) is 48.8 Å². The van der Waals surface area contributed by atoms with Crippen LogP contribution in [0.25, 0.3) is 28.0 Å². The van der Waals surface area contributed by atoms with Crippen molar-refractivity contribution in [1.29, 1.82) is 0 Å². The van der Waals surface area contributed by atoms with Crippen LogP contribution in [-0.2, 0) is 0 Å². The molecule has 4 nitrogen and oxygen atoms in total. The first-order valence-electron chi connectivity index (χ1n) is 9.70. The number of nitrogens with one attached hydrogen (secondary N) is 1. The zero-order valence-electron chi connectivity index (χ0n) is 15.5. The Labute approximate surface area is 163 Å². The molecule has 2 aromatic heterocycles. The Kier molecular flexibility index (Phi) is 4.34. The number of hydrogen-bond donors (Lipinski definition) is 2. The van der Waals surface area contributed by atoms with Crippen molar-refractivity contribution < 1.29 is 9.50 Å². The fraction of sp³-hybridized carbons (Fsp3) is 0.261. The van der Waals surface area contributed by atoms with E-state index in [-0.39, 0.29) is 11.9 Å². The van der Waals surface area contributed by atoms with Crippen molar-refractivity contribution in [2.75, 3.05) is 13.1 Å². The zero-order valence-corrected chi connectivity index (χ0v) is 15.5. The number of aromatic amines is 1. The average molecular weight is 375 g/mol. The molecule has 3 aromatic rings. The van der Waals surface area contributed by atoms with E-state index >= 15 is 0 Å². The Morgan fingerprint density at radius 3 is 2.64 bits per heavy atom. The second-order valence-corrected chi connectivity index (χ2v) is 7.59. The molecule has 4 heterocycles. The lowest BCUT2D eigenvalue weighted by Crippen LogP contribution is -2.32. The van der Waals surface area contributed by atoms with Crippen LogP contribution in [0, 0.1) is 5.82 Å². The minimum Gasteiger partial charge on any atom is -0.392 e. The standard InChI is InChI=1S/C23H22FN3O/c24-18-3-1-16(2-4-18)23-22(15-5-8-25-9-6-15)21(13-26-23)17-7-10-27-14-20(28)12-19(27)11-17/h1-6,8-9,11,13,19-20,26,28H,7,10,12,14H2/t19-,20-/m1/s1. The molecular formula is C23H22FN3O. The van der Waals surface area contributed by atoms with Crippen molar-refractivity contribution in [3.63, 3.8) is 0 Å². The molecule has 5 rings (SSSR count). The van der Waals surface area contributed by atoms with Gasteiger partial charge in [0.25, 0.3) is 0 Å². The highest BCUT2D eigenvalue weighted by molar-refractivity contribution is 5.91. The van der Waals surface area contributed by atoms with Crippen LogP contribution in [0.2, 0.25) is 0 Å². The summed E-state index contributed by atoms with van der Waals surface area (Å²) in [6.07, 6.45) is 9.46. The molecule has 5 heteroatoms. The number of H-pyrrole nitrogens is 1. The first-order valence-corrected chi connectivity index (χ1v) is 9.70. The van der Waals surface area contributed by atoms with Gasteiger partial charge in [-0.25, -0.2) is 4.39 Å². The quantitative estimate of drug-likeness (QED) is 0.725. The molecule has 1 aromatic carbocycles. The number of halogens is 1. The van der Waals surface area contributed by atoms with E-state index in [1.807, 2.05) is 12.1 Å². The van der Waals surface area contributed by atoms with Crippen LogP contribution < -0.4 is 0 Å². The van der Waals surface area contributed by atoms with Crippen LogP contribution in [0.15, 0.2) is 61.1 Å². The van der Waals surface area contributed by atoms with Gasteiger partial charge < -0.3 is 10.1 Å². The summed E-state index contributed by atoms with van der Waals surface area (Å²) in [5, 5.41) is 10.0. The van der Waals surface area contributed by atoms with Gasteiger partial charge in [-0.1, -0.05) is 6.08 Å². The summed E-state index contributed by atoms with van der Waals surface area (Å²) in [5.41, 5.74) is 6.61. The predicted molar refractivity (Wildman–Crippen MR) is 108 cm³/mol. The van der Waals surface area contributed by atoms with E-state index in [4.69, 9.17) is 0 Å². The Hall–Kier alpha value is -2.76.